The molecule has 0 fully saturated rings. The van der Waals surface area contributed by atoms with E-state index < -0.39 is 0 Å². The molecule has 0 aliphatic rings. The molecule has 0 aliphatic heterocycles. The third-order valence-corrected chi connectivity index (χ3v) is 2.96. The molecule has 96 valence electrons. The SMILES string of the molecule is CC(C)CC(N)c1cnc(-c2ccc(Cl)cc2)o1. The molecule has 0 amide bonds. The number of oxazole rings is 1. The van der Waals surface area contributed by atoms with Crippen molar-refractivity contribution in [2.75, 3.05) is 0 Å². The lowest BCUT2D eigenvalue weighted by Crippen LogP contribution is -2.11. The van der Waals surface area contributed by atoms with E-state index in [1.54, 1.807) is 6.20 Å². The van der Waals surface area contributed by atoms with Gasteiger partial charge in [0.05, 0.1) is 12.2 Å². The molecular weight excluding hydrogens is 248 g/mol. The molecule has 1 atom stereocenters. The number of aromatic nitrogens is 1. The second-order valence-corrected chi connectivity index (χ2v) is 5.25. The van der Waals surface area contributed by atoms with Crippen molar-refractivity contribution in [2.24, 2.45) is 11.7 Å². The van der Waals surface area contributed by atoms with Gasteiger partial charge in [-0.05, 0) is 36.6 Å². The van der Waals surface area contributed by atoms with Crippen molar-refractivity contribution in [2.45, 2.75) is 26.3 Å². The summed E-state index contributed by atoms with van der Waals surface area (Å²) in [4.78, 5) is 4.25. The molecule has 0 spiro atoms. The monoisotopic (exact) mass is 264 g/mol. The number of rotatable bonds is 4. The van der Waals surface area contributed by atoms with Crippen molar-refractivity contribution in [1.82, 2.24) is 4.98 Å². The minimum Gasteiger partial charge on any atom is -0.440 e. The van der Waals surface area contributed by atoms with Gasteiger partial charge in [0.2, 0.25) is 5.89 Å². The molecule has 18 heavy (non-hydrogen) atoms. The summed E-state index contributed by atoms with van der Waals surface area (Å²) in [6.45, 7) is 4.27. The molecule has 2 rings (SSSR count). The van der Waals surface area contributed by atoms with Crippen molar-refractivity contribution >= 4 is 11.6 Å². The summed E-state index contributed by atoms with van der Waals surface area (Å²) in [7, 11) is 0. The molecule has 1 aromatic carbocycles. The first kappa shape index (κ1) is 13.1. The summed E-state index contributed by atoms with van der Waals surface area (Å²) in [5.74, 6) is 1.85. The molecule has 1 heterocycles. The van der Waals surface area contributed by atoms with E-state index >= 15 is 0 Å². The molecule has 0 aliphatic carbocycles. The molecule has 0 saturated heterocycles. The topological polar surface area (TPSA) is 52.0 Å². The fourth-order valence-electron chi connectivity index (χ4n) is 1.81. The smallest absolute Gasteiger partial charge is 0.226 e. The Balaban J connectivity index is 2.17. The van der Waals surface area contributed by atoms with Crippen LogP contribution in [0.3, 0.4) is 0 Å². The average molecular weight is 265 g/mol. The van der Waals surface area contributed by atoms with E-state index in [1.165, 1.54) is 0 Å². The highest BCUT2D eigenvalue weighted by molar-refractivity contribution is 6.30. The highest BCUT2D eigenvalue weighted by atomic mass is 35.5. The van der Waals surface area contributed by atoms with Gasteiger partial charge in [0, 0.05) is 10.6 Å². The van der Waals surface area contributed by atoms with Gasteiger partial charge in [-0.25, -0.2) is 4.98 Å². The van der Waals surface area contributed by atoms with Gasteiger partial charge in [0.15, 0.2) is 0 Å². The minimum absolute atomic E-state index is 0.0986. The third kappa shape index (κ3) is 3.12. The van der Waals surface area contributed by atoms with Crippen LogP contribution in [0.5, 0.6) is 0 Å². The zero-order valence-corrected chi connectivity index (χ0v) is 11.3. The van der Waals surface area contributed by atoms with E-state index in [0.29, 0.717) is 16.8 Å². The Kier molecular flexibility index (Phi) is 4.04. The van der Waals surface area contributed by atoms with Crippen LogP contribution < -0.4 is 5.73 Å². The zero-order valence-electron chi connectivity index (χ0n) is 10.6. The van der Waals surface area contributed by atoms with Gasteiger partial charge in [-0.1, -0.05) is 25.4 Å². The number of benzene rings is 1. The average Bonchev–Trinajstić information content (AvgIpc) is 2.78. The molecule has 3 nitrogen and oxygen atoms in total. The van der Waals surface area contributed by atoms with Crippen molar-refractivity contribution in [3.63, 3.8) is 0 Å². The number of hydrogen-bond acceptors (Lipinski definition) is 3. The van der Waals surface area contributed by atoms with Crippen molar-refractivity contribution in [3.8, 4) is 11.5 Å². The van der Waals surface area contributed by atoms with E-state index in [9.17, 15) is 0 Å². The minimum atomic E-state index is -0.0986. The molecule has 1 aromatic heterocycles. The van der Waals surface area contributed by atoms with E-state index in [2.05, 4.69) is 18.8 Å². The van der Waals surface area contributed by atoms with E-state index in [4.69, 9.17) is 21.8 Å². The number of hydrogen-bond donors (Lipinski definition) is 1. The van der Waals surface area contributed by atoms with Crippen LogP contribution in [0.25, 0.3) is 11.5 Å². The Morgan fingerprint density at radius 1 is 1.28 bits per heavy atom. The fourth-order valence-corrected chi connectivity index (χ4v) is 1.93. The molecular formula is C14H17ClN2O. The summed E-state index contributed by atoms with van der Waals surface area (Å²) in [6, 6.07) is 7.29. The molecule has 2 N–H and O–H groups in total. The second-order valence-electron chi connectivity index (χ2n) is 4.81. The van der Waals surface area contributed by atoms with Crippen LogP contribution in [0.15, 0.2) is 34.9 Å². The van der Waals surface area contributed by atoms with Gasteiger partial charge in [-0.2, -0.15) is 0 Å². The summed E-state index contributed by atoms with van der Waals surface area (Å²) in [6.07, 6.45) is 2.59. The maximum absolute atomic E-state index is 6.06. The van der Waals surface area contributed by atoms with Crippen LogP contribution in [0.4, 0.5) is 0 Å². The van der Waals surface area contributed by atoms with Crippen LogP contribution in [0.2, 0.25) is 5.02 Å². The molecule has 2 aromatic rings. The van der Waals surface area contributed by atoms with Crippen LogP contribution in [0.1, 0.15) is 32.1 Å². The van der Waals surface area contributed by atoms with E-state index in [-0.39, 0.29) is 6.04 Å². The Labute approximate surface area is 112 Å². The van der Waals surface area contributed by atoms with Gasteiger partial charge in [-0.15, -0.1) is 0 Å². The van der Waals surface area contributed by atoms with Gasteiger partial charge in [0.1, 0.15) is 5.76 Å². The molecule has 1 unspecified atom stereocenters. The van der Waals surface area contributed by atoms with E-state index in [1.807, 2.05) is 24.3 Å². The highest BCUT2D eigenvalue weighted by Crippen LogP contribution is 2.25. The largest absolute Gasteiger partial charge is 0.440 e. The first-order chi connectivity index (χ1) is 8.56. The first-order valence-corrected chi connectivity index (χ1v) is 6.41. The van der Waals surface area contributed by atoms with Gasteiger partial charge in [-0.3, -0.25) is 0 Å². The van der Waals surface area contributed by atoms with E-state index in [0.717, 1.165) is 17.7 Å². The number of nitrogens with two attached hydrogens (primary N) is 1. The lowest BCUT2D eigenvalue weighted by atomic mass is 10.0. The molecule has 0 bridgehead atoms. The number of halogens is 1. The third-order valence-electron chi connectivity index (χ3n) is 2.71. The summed E-state index contributed by atoms with van der Waals surface area (Å²) in [5, 5.41) is 0.696. The lowest BCUT2D eigenvalue weighted by molar-refractivity contribution is 0.421. The Bertz CT molecular complexity index is 505. The molecule has 0 saturated carbocycles. The Hall–Kier alpha value is -1.32. The highest BCUT2D eigenvalue weighted by Gasteiger charge is 2.14. The predicted octanol–water partition coefficient (Wildman–Crippen LogP) is 4.04. The van der Waals surface area contributed by atoms with Crippen LogP contribution in [-0.4, -0.2) is 4.98 Å². The van der Waals surface area contributed by atoms with Gasteiger partial charge in [0.25, 0.3) is 0 Å². The molecule has 4 heteroatoms. The normalized spacial score (nSPS) is 12.9. The van der Waals surface area contributed by atoms with Crippen LogP contribution in [-0.2, 0) is 0 Å². The second kappa shape index (κ2) is 5.55. The molecule has 0 radical (unpaired) electrons. The standard InChI is InChI=1S/C14H17ClN2O/c1-9(2)7-12(16)13-8-17-14(18-13)10-3-5-11(15)6-4-10/h3-6,8-9,12H,7,16H2,1-2H3. The van der Waals surface area contributed by atoms with Crippen molar-refractivity contribution in [3.05, 3.63) is 41.2 Å². The van der Waals surface area contributed by atoms with Gasteiger partial charge < -0.3 is 10.2 Å². The Morgan fingerprint density at radius 3 is 2.56 bits per heavy atom. The Morgan fingerprint density at radius 2 is 1.94 bits per heavy atom. The van der Waals surface area contributed by atoms with Crippen molar-refractivity contribution < 1.29 is 4.42 Å². The van der Waals surface area contributed by atoms with Crippen LogP contribution >= 0.6 is 11.6 Å². The van der Waals surface area contributed by atoms with Crippen molar-refractivity contribution in [1.29, 1.82) is 0 Å². The number of nitrogens with zero attached hydrogens (tertiary/aromatic N) is 1. The van der Waals surface area contributed by atoms with Gasteiger partial charge >= 0.3 is 0 Å². The summed E-state index contributed by atoms with van der Waals surface area (Å²) in [5.41, 5.74) is 6.96. The maximum Gasteiger partial charge on any atom is 0.226 e. The summed E-state index contributed by atoms with van der Waals surface area (Å²) < 4.78 is 5.69. The lowest BCUT2D eigenvalue weighted by Gasteiger charge is -2.10. The quantitative estimate of drug-likeness (QED) is 0.907. The first-order valence-electron chi connectivity index (χ1n) is 6.03. The van der Waals surface area contributed by atoms with Crippen LogP contribution in [0, 0.1) is 5.92 Å². The summed E-state index contributed by atoms with van der Waals surface area (Å²) >= 11 is 5.84. The zero-order chi connectivity index (χ0) is 13.1. The maximum atomic E-state index is 6.06. The fraction of sp³-hybridized carbons (Fsp3) is 0.357. The predicted molar refractivity (Wildman–Crippen MR) is 73.3 cm³/mol.